The van der Waals surface area contributed by atoms with Crippen LogP contribution in [-0.4, -0.2) is 65.9 Å². The van der Waals surface area contributed by atoms with Gasteiger partial charge in [-0.1, -0.05) is 0 Å². The van der Waals surface area contributed by atoms with Crippen LogP contribution in [0, 0.1) is 13.8 Å². The fourth-order valence-corrected chi connectivity index (χ4v) is 2.84. The topological polar surface area (TPSA) is 172 Å². The molecular weight excluding hydrogens is 396 g/mol. The van der Waals surface area contributed by atoms with Crippen molar-refractivity contribution in [2.45, 2.75) is 39.3 Å². The second-order valence-electron chi connectivity index (χ2n) is 6.53. The quantitative estimate of drug-likeness (QED) is 0.422. The predicted molar refractivity (Wildman–Crippen MR) is 106 cm³/mol. The first kappa shape index (κ1) is 23.1. The summed E-state index contributed by atoms with van der Waals surface area (Å²) in [4.78, 5) is 32.1. The lowest BCUT2D eigenvalue weighted by molar-refractivity contribution is 0.0680. The molecule has 0 saturated carbocycles. The Hall–Kier alpha value is -3.15. The van der Waals surface area contributed by atoms with E-state index in [-0.39, 0.29) is 37.6 Å². The first-order valence-corrected chi connectivity index (χ1v) is 9.14. The van der Waals surface area contributed by atoms with Crippen molar-refractivity contribution < 1.29 is 29.7 Å². The normalized spacial score (nSPS) is 11.8. The molecule has 2 aromatic heterocycles. The number of rotatable bonds is 7. The molecular formula is C19H24N4O7. The molecule has 1 atom stereocenters. The van der Waals surface area contributed by atoms with Gasteiger partial charge in [0.15, 0.2) is 5.69 Å². The van der Waals surface area contributed by atoms with Crippen LogP contribution in [0.25, 0.3) is 22.6 Å². The third-order valence-electron chi connectivity index (χ3n) is 4.53. The number of nitrogens with zero attached hydrogens (tertiary/aromatic N) is 4. The molecule has 0 aliphatic carbocycles. The maximum absolute atomic E-state index is 13.0. The molecule has 0 bridgehead atoms. The fraction of sp³-hybridized carbons (Fsp3) is 0.421. The summed E-state index contributed by atoms with van der Waals surface area (Å²) in [6.45, 7) is 3.84. The van der Waals surface area contributed by atoms with E-state index < -0.39 is 23.5 Å². The summed E-state index contributed by atoms with van der Waals surface area (Å²) in [6.07, 6.45) is -0.318. The number of hydrogen-bond acceptors (Lipinski definition) is 9. The first-order chi connectivity index (χ1) is 14.3. The second kappa shape index (κ2) is 10.1. The zero-order valence-corrected chi connectivity index (χ0v) is 16.9. The number of aliphatic hydroxyl groups is 3. The second-order valence-corrected chi connectivity index (χ2v) is 6.53. The number of carboxylic acids is 1. The van der Waals surface area contributed by atoms with Crippen molar-refractivity contribution in [1.82, 2.24) is 19.7 Å². The Morgan fingerprint density at radius 3 is 2.43 bits per heavy atom. The molecule has 0 saturated heterocycles. The average Bonchev–Trinajstić information content (AvgIpc) is 3.20. The van der Waals surface area contributed by atoms with E-state index in [9.17, 15) is 14.7 Å². The van der Waals surface area contributed by atoms with Crippen molar-refractivity contribution in [3.63, 3.8) is 0 Å². The number of hydrogen-bond donors (Lipinski definition) is 4. The van der Waals surface area contributed by atoms with Crippen LogP contribution in [0.3, 0.4) is 0 Å². The zero-order valence-electron chi connectivity index (χ0n) is 16.9. The smallest absolute Gasteiger partial charge is 0.377 e. The van der Waals surface area contributed by atoms with Crippen LogP contribution in [0.5, 0.6) is 0 Å². The maximum atomic E-state index is 13.0. The number of aliphatic hydroxyl groups excluding tert-OH is 3. The molecule has 11 heteroatoms. The molecule has 1 aromatic carbocycles. The van der Waals surface area contributed by atoms with E-state index in [1.54, 1.807) is 0 Å². The molecule has 0 aliphatic rings. The Morgan fingerprint density at radius 1 is 1.17 bits per heavy atom. The van der Waals surface area contributed by atoms with Crippen LogP contribution in [0.4, 0.5) is 0 Å². The van der Waals surface area contributed by atoms with Crippen LogP contribution in [0.15, 0.2) is 21.5 Å². The van der Waals surface area contributed by atoms with Crippen LogP contribution in [0.1, 0.15) is 34.6 Å². The van der Waals surface area contributed by atoms with Crippen molar-refractivity contribution in [2.24, 2.45) is 0 Å². The lowest BCUT2D eigenvalue weighted by Crippen LogP contribution is -2.26. The molecule has 0 radical (unpaired) electrons. The Bertz CT molecular complexity index is 1090. The molecule has 30 heavy (non-hydrogen) atoms. The maximum Gasteiger partial charge on any atom is 0.377 e. The number of benzene rings is 1. The van der Waals surface area contributed by atoms with Gasteiger partial charge < -0.3 is 29.5 Å². The van der Waals surface area contributed by atoms with Crippen molar-refractivity contribution in [3.05, 3.63) is 39.4 Å². The molecule has 0 aliphatic heterocycles. The van der Waals surface area contributed by atoms with Gasteiger partial charge in [-0.2, -0.15) is 4.98 Å². The highest BCUT2D eigenvalue weighted by molar-refractivity contribution is 5.83. The van der Waals surface area contributed by atoms with Crippen molar-refractivity contribution in [3.8, 4) is 11.6 Å². The van der Waals surface area contributed by atoms with Crippen molar-refractivity contribution >= 4 is 17.0 Å². The van der Waals surface area contributed by atoms with E-state index in [0.29, 0.717) is 11.0 Å². The van der Waals surface area contributed by atoms with Gasteiger partial charge in [0.1, 0.15) is 0 Å². The fourth-order valence-electron chi connectivity index (χ4n) is 2.84. The Labute approximate surface area is 171 Å². The predicted octanol–water partition coefficient (Wildman–Crippen LogP) is 0.503. The highest BCUT2D eigenvalue weighted by atomic mass is 16.5. The third-order valence-corrected chi connectivity index (χ3v) is 4.53. The number of carboxylic acid groups (broad SMARTS) is 1. The van der Waals surface area contributed by atoms with E-state index >= 15 is 0 Å². The van der Waals surface area contributed by atoms with E-state index in [1.807, 2.05) is 26.0 Å². The standard InChI is InChI=1S/C18H20N4O6.CH4O/c1-9-7-12-13(8-10(9)2)22(5-3-11(24)4-6-23)17(25)14(19-12)16-20-15(18(26)27)21-28-16;1-2/h7-8,11,23-24H,3-6H2,1-2H3,(H,26,27);2H,1H3. The minimum Gasteiger partial charge on any atom is -0.475 e. The zero-order chi connectivity index (χ0) is 22.4. The van der Waals surface area contributed by atoms with Crippen molar-refractivity contribution in [1.29, 1.82) is 0 Å². The summed E-state index contributed by atoms with van der Waals surface area (Å²) in [7, 11) is 1.00. The third kappa shape index (κ3) is 4.87. The highest BCUT2D eigenvalue weighted by Gasteiger charge is 2.21. The monoisotopic (exact) mass is 420 g/mol. The van der Waals surface area contributed by atoms with E-state index in [2.05, 4.69) is 15.1 Å². The van der Waals surface area contributed by atoms with Crippen LogP contribution in [-0.2, 0) is 6.54 Å². The molecule has 4 N–H and O–H groups in total. The minimum absolute atomic E-state index is 0.156. The molecule has 3 aromatic rings. The first-order valence-electron chi connectivity index (χ1n) is 9.14. The van der Waals surface area contributed by atoms with Gasteiger partial charge in [-0.25, -0.2) is 9.78 Å². The summed E-state index contributed by atoms with van der Waals surface area (Å²) in [5.74, 6) is -2.23. The Kier molecular flexibility index (Phi) is 7.75. The van der Waals surface area contributed by atoms with Gasteiger partial charge in [0, 0.05) is 20.3 Å². The van der Waals surface area contributed by atoms with Crippen molar-refractivity contribution in [2.75, 3.05) is 13.7 Å². The summed E-state index contributed by atoms with van der Waals surface area (Å²) in [5, 5.41) is 38.2. The van der Waals surface area contributed by atoms with E-state index in [0.717, 1.165) is 18.2 Å². The largest absolute Gasteiger partial charge is 0.475 e. The van der Waals surface area contributed by atoms with Gasteiger partial charge in [0.05, 0.1) is 17.1 Å². The van der Waals surface area contributed by atoms with Crippen LogP contribution >= 0.6 is 0 Å². The highest BCUT2D eigenvalue weighted by Crippen LogP contribution is 2.21. The van der Waals surface area contributed by atoms with Gasteiger partial charge in [-0.05, 0) is 55.1 Å². The number of fused-ring (bicyclic) bond motifs is 1. The lowest BCUT2D eigenvalue weighted by Gasteiger charge is -2.15. The molecule has 2 heterocycles. The van der Waals surface area contributed by atoms with Crippen LogP contribution in [0.2, 0.25) is 0 Å². The summed E-state index contributed by atoms with van der Waals surface area (Å²) in [6, 6.07) is 3.64. The average molecular weight is 420 g/mol. The van der Waals surface area contributed by atoms with Gasteiger partial charge in [0.2, 0.25) is 0 Å². The van der Waals surface area contributed by atoms with Gasteiger partial charge in [0.25, 0.3) is 17.3 Å². The van der Waals surface area contributed by atoms with E-state index in [1.165, 1.54) is 4.57 Å². The molecule has 0 amide bonds. The Balaban J connectivity index is 0.00000155. The summed E-state index contributed by atoms with van der Waals surface area (Å²) < 4.78 is 6.35. The van der Waals surface area contributed by atoms with Crippen LogP contribution < -0.4 is 5.56 Å². The molecule has 1 unspecified atom stereocenters. The molecule has 0 fully saturated rings. The molecule has 162 valence electrons. The summed E-state index contributed by atoms with van der Waals surface area (Å²) in [5.41, 5.74) is 2.32. The van der Waals surface area contributed by atoms with Gasteiger partial charge in [-0.15, -0.1) is 0 Å². The summed E-state index contributed by atoms with van der Waals surface area (Å²) >= 11 is 0. The number of aryl methyl sites for hydroxylation is 3. The molecule has 11 nitrogen and oxygen atoms in total. The van der Waals surface area contributed by atoms with Gasteiger partial charge >= 0.3 is 5.97 Å². The number of aromatic carboxylic acids is 1. The van der Waals surface area contributed by atoms with E-state index in [4.69, 9.17) is 19.8 Å². The Morgan fingerprint density at radius 2 is 1.83 bits per heavy atom. The SMILES string of the molecule is CO.Cc1cc2nc(-c3nc(C(=O)O)no3)c(=O)n(CCC(O)CCO)c2cc1C. The lowest BCUT2D eigenvalue weighted by atomic mass is 10.1. The van der Waals surface area contributed by atoms with Gasteiger partial charge in [-0.3, -0.25) is 4.79 Å². The molecule has 0 spiro atoms. The minimum atomic E-state index is -1.38. The molecule has 3 rings (SSSR count). The number of carbonyl (C=O) groups is 1. The number of aromatic nitrogens is 4.